The zero-order valence-electron chi connectivity index (χ0n) is 18.3. The second kappa shape index (κ2) is 6.18. The highest BCUT2D eigenvalue weighted by atomic mass is 15.0. The van der Waals surface area contributed by atoms with Crippen LogP contribution >= 0.6 is 0 Å². The lowest BCUT2D eigenvalue weighted by atomic mass is 9.94. The third kappa shape index (κ3) is 2.31. The molecule has 0 atom stereocenters. The van der Waals surface area contributed by atoms with E-state index in [0.717, 1.165) is 33.8 Å². The van der Waals surface area contributed by atoms with Crippen LogP contribution in [0.3, 0.4) is 0 Å². The SMILES string of the molecule is Cc1cc(C#N)c2c3ccccc3n3c4cc(CC(C)C)cc5cc[n+](C)c(c1c23)c54. The van der Waals surface area contributed by atoms with Crippen LogP contribution in [0.25, 0.3) is 49.0 Å². The van der Waals surface area contributed by atoms with Crippen molar-refractivity contribution in [2.24, 2.45) is 13.0 Å². The van der Waals surface area contributed by atoms with E-state index in [4.69, 9.17) is 0 Å². The van der Waals surface area contributed by atoms with Crippen molar-refractivity contribution in [3.8, 4) is 6.07 Å². The van der Waals surface area contributed by atoms with E-state index in [9.17, 15) is 5.26 Å². The minimum Gasteiger partial charge on any atom is -0.307 e. The van der Waals surface area contributed by atoms with E-state index in [0.29, 0.717) is 5.92 Å². The van der Waals surface area contributed by atoms with Gasteiger partial charge in [-0.05, 0) is 54.0 Å². The molecule has 0 spiro atoms. The average Bonchev–Trinajstić information content (AvgIpc) is 3.09. The molecule has 6 aromatic rings. The number of aryl methyl sites for hydroxylation is 2. The fourth-order valence-corrected chi connectivity index (χ4v) is 5.54. The maximum Gasteiger partial charge on any atom is 0.224 e. The van der Waals surface area contributed by atoms with E-state index in [2.05, 4.69) is 97.6 Å². The van der Waals surface area contributed by atoms with Crippen LogP contribution < -0.4 is 4.57 Å². The molecule has 0 aliphatic rings. The van der Waals surface area contributed by atoms with Gasteiger partial charge in [0.1, 0.15) is 7.05 Å². The topological polar surface area (TPSA) is 32.1 Å². The first kappa shape index (κ1) is 18.2. The number of aromatic nitrogens is 2. The van der Waals surface area contributed by atoms with Gasteiger partial charge in [-0.2, -0.15) is 5.26 Å². The average molecular weight is 403 g/mol. The molecule has 0 saturated carbocycles. The third-order valence-corrected chi connectivity index (χ3v) is 6.65. The van der Waals surface area contributed by atoms with Crippen molar-refractivity contribution < 1.29 is 4.57 Å². The number of para-hydroxylation sites is 1. The number of benzene rings is 3. The second-order valence-electron chi connectivity index (χ2n) is 9.26. The molecule has 3 aromatic carbocycles. The van der Waals surface area contributed by atoms with E-state index in [1.54, 1.807) is 0 Å². The summed E-state index contributed by atoms with van der Waals surface area (Å²) in [6.45, 7) is 6.68. The van der Waals surface area contributed by atoms with Gasteiger partial charge in [0.2, 0.25) is 5.52 Å². The van der Waals surface area contributed by atoms with E-state index < -0.39 is 0 Å². The Morgan fingerprint density at radius 2 is 1.81 bits per heavy atom. The van der Waals surface area contributed by atoms with Crippen LogP contribution in [0.4, 0.5) is 0 Å². The third-order valence-electron chi connectivity index (χ3n) is 6.65. The number of hydrogen-bond donors (Lipinski definition) is 0. The summed E-state index contributed by atoms with van der Waals surface area (Å²) < 4.78 is 4.65. The van der Waals surface area contributed by atoms with Crippen molar-refractivity contribution in [2.45, 2.75) is 27.2 Å². The highest BCUT2D eigenvalue weighted by Gasteiger charge is 2.25. The molecule has 3 heteroatoms. The molecule has 0 saturated heterocycles. The second-order valence-corrected chi connectivity index (χ2v) is 9.26. The van der Waals surface area contributed by atoms with Gasteiger partial charge in [-0.15, -0.1) is 0 Å². The molecule has 3 heterocycles. The number of nitrogens with zero attached hydrogens (tertiary/aromatic N) is 3. The predicted octanol–water partition coefficient (Wildman–Crippen LogP) is 6.19. The number of fused-ring (bicyclic) bond motifs is 5. The Morgan fingerprint density at radius 3 is 2.58 bits per heavy atom. The summed E-state index contributed by atoms with van der Waals surface area (Å²) in [5.41, 5.74) is 8.06. The summed E-state index contributed by atoms with van der Waals surface area (Å²) in [7, 11) is 2.13. The summed E-state index contributed by atoms with van der Waals surface area (Å²) in [4.78, 5) is 0. The van der Waals surface area contributed by atoms with E-state index in [-0.39, 0.29) is 0 Å². The summed E-state index contributed by atoms with van der Waals surface area (Å²) in [6, 6.07) is 20.0. The number of pyridine rings is 2. The Labute approximate surface area is 181 Å². The first-order chi connectivity index (χ1) is 15.0. The highest BCUT2D eigenvalue weighted by molar-refractivity contribution is 6.26. The van der Waals surface area contributed by atoms with Gasteiger partial charge in [0, 0.05) is 16.8 Å². The van der Waals surface area contributed by atoms with Crippen LogP contribution in [0.5, 0.6) is 0 Å². The first-order valence-electron chi connectivity index (χ1n) is 10.9. The molecule has 0 unspecified atom stereocenters. The lowest BCUT2D eigenvalue weighted by Gasteiger charge is -2.15. The van der Waals surface area contributed by atoms with E-state index in [1.165, 1.54) is 38.3 Å². The molecule has 3 nitrogen and oxygen atoms in total. The zero-order valence-corrected chi connectivity index (χ0v) is 18.3. The van der Waals surface area contributed by atoms with E-state index >= 15 is 0 Å². The maximum absolute atomic E-state index is 9.99. The molecular formula is C28H24N3+. The number of nitriles is 1. The molecule has 0 bridgehead atoms. The molecule has 31 heavy (non-hydrogen) atoms. The van der Waals surface area contributed by atoms with Crippen molar-refractivity contribution in [3.63, 3.8) is 0 Å². The van der Waals surface area contributed by atoms with Crippen molar-refractivity contribution in [2.75, 3.05) is 0 Å². The Hall–Kier alpha value is -3.64. The summed E-state index contributed by atoms with van der Waals surface area (Å²) in [5.74, 6) is 0.591. The van der Waals surface area contributed by atoms with Crippen molar-refractivity contribution >= 4 is 49.0 Å². The monoisotopic (exact) mass is 402 g/mol. The quantitative estimate of drug-likeness (QED) is 0.193. The van der Waals surface area contributed by atoms with E-state index in [1.807, 2.05) is 0 Å². The maximum atomic E-state index is 9.99. The van der Waals surface area contributed by atoms with Gasteiger partial charge >= 0.3 is 0 Å². The minimum atomic E-state index is 0.591. The number of rotatable bonds is 2. The fourth-order valence-electron chi connectivity index (χ4n) is 5.54. The predicted molar refractivity (Wildman–Crippen MR) is 128 cm³/mol. The normalized spacial score (nSPS) is 12.3. The fraction of sp³-hybridized carbons (Fsp3) is 0.214. The smallest absolute Gasteiger partial charge is 0.224 e. The molecule has 0 aliphatic carbocycles. The minimum absolute atomic E-state index is 0.591. The van der Waals surface area contributed by atoms with Crippen LogP contribution in [0.15, 0.2) is 54.7 Å². The Morgan fingerprint density at radius 1 is 1.00 bits per heavy atom. The molecular weight excluding hydrogens is 378 g/mol. The van der Waals surface area contributed by atoms with Crippen molar-refractivity contribution in [3.05, 3.63) is 71.4 Å². The van der Waals surface area contributed by atoms with Gasteiger partial charge in [0.15, 0.2) is 6.20 Å². The summed E-state index contributed by atoms with van der Waals surface area (Å²) in [6.07, 6.45) is 3.22. The highest BCUT2D eigenvalue weighted by Crippen LogP contribution is 2.42. The number of hydrogen-bond acceptors (Lipinski definition) is 1. The van der Waals surface area contributed by atoms with Crippen LogP contribution in [-0.4, -0.2) is 4.40 Å². The Bertz CT molecular complexity index is 1710. The van der Waals surface area contributed by atoms with Crippen molar-refractivity contribution in [1.82, 2.24) is 4.40 Å². The molecule has 0 aliphatic heterocycles. The summed E-state index contributed by atoms with van der Waals surface area (Å²) in [5, 5.41) is 16.0. The lowest BCUT2D eigenvalue weighted by molar-refractivity contribution is -0.643. The lowest BCUT2D eigenvalue weighted by Crippen LogP contribution is -2.29. The molecule has 0 fully saturated rings. The largest absolute Gasteiger partial charge is 0.307 e. The van der Waals surface area contributed by atoms with Gasteiger partial charge in [-0.25, -0.2) is 4.57 Å². The molecule has 6 rings (SSSR count). The molecule has 150 valence electrons. The first-order valence-corrected chi connectivity index (χ1v) is 10.9. The van der Waals surface area contributed by atoms with Crippen LogP contribution in [0.1, 0.15) is 30.5 Å². The van der Waals surface area contributed by atoms with Gasteiger partial charge in [0.05, 0.1) is 39.0 Å². The van der Waals surface area contributed by atoms with Crippen LogP contribution in [-0.2, 0) is 13.5 Å². The standard InChI is InChI=1S/C28H24N3/c1-16(2)11-18-13-19-9-10-30(4)27-24-17(3)12-20(15-29)25-21-7-5-6-8-22(21)31(28(24)25)23(14-18)26(19)27/h5-10,12-14,16H,11H2,1-4H3/q+1. The van der Waals surface area contributed by atoms with Gasteiger partial charge < -0.3 is 4.40 Å². The Kier molecular flexibility index (Phi) is 3.62. The molecule has 0 radical (unpaired) electrons. The Balaban J connectivity index is 2.03. The van der Waals surface area contributed by atoms with Crippen LogP contribution in [0, 0.1) is 24.2 Å². The van der Waals surface area contributed by atoms with Gasteiger partial charge in [-0.1, -0.05) is 38.1 Å². The molecule has 0 N–H and O–H groups in total. The zero-order chi connectivity index (χ0) is 21.4. The molecule has 3 aromatic heterocycles. The molecule has 0 amide bonds. The van der Waals surface area contributed by atoms with Gasteiger partial charge in [-0.3, -0.25) is 0 Å². The van der Waals surface area contributed by atoms with Crippen LogP contribution in [0.2, 0.25) is 0 Å². The van der Waals surface area contributed by atoms with Crippen molar-refractivity contribution in [1.29, 1.82) is 5.26 Å². The van der Waals surface area contributed by atoms with Gasteiger partial charge in [0.25, 0.3) is 0 Å². The summed E-state index contributed by atoms with van der Waals surface area (Å²) >= 11 is 0.